The predicted molar refractivity (Wildman–Crippen MR) is 137 cm³/mol. The van der Waals surface area contributed by atoms with Gasteiger partial charge < -0.3 is 0 Å². The van der Waals surface area contributed by atoms with Crippen molar-refractivity contribution >= 4 is 43.7 Å². The summed E-state index contributed by atoms with van der Waals surface area (Å²) in [5, 5.41) is 11.3. The fourth-order valence-electron chi connectivity index (χ4n) is 4.29. The number of hydrogen-bond acceptors (Lipinski definition) is 6. The molecule has 1 aliphatic heterocycles. The van der Waals surface area contributed by atoms with Gasteiger partial charge in [0.1, 0.15) is 4.67 Å². The first-order valence-electron chi connectivity index (χ1n) is 10.7. The average molecular weight is 488 g/mol. The average Bonchev–Trinajstić information content (AvgIpc) is 3.25. The van der Waals surface area contributed by atoms with Crippen molar-refractivity contribution in [3.8, 4) is 11.1 Å². The first kappa shape index (κ1) is 22.2. The molecular formula is C26H21N3O3S2. The van der Waals surface area contributed by atoms with Crippen molar-refractivity contribution in [2.75, 3.05) is 4.90 Å². The van der Waals surface area contributed by atoms with E-state index in [9.17, 15) is 14.9 Å². The molecule has 1 aliphatic rings. The molecule has 0 unspecified atom stereocenters. The van der Waals surface area contributed by atoms with Crippen LogP contribution in [0.3, 0.4) is 0 Å². The monoisotopic (exact) mass is 487 g/mol. The van der Waals surface area contributed by atoms with E-state index in [4.69, 9.17) is 4.99 Å². The van der Waals surface area contributed by atoms with E-state index in [1.807, 2.05) is 63.2 Å². The molecule has 0 spiro atoms. The minimum atomic E-state index is -0.676. The van der Waals surface area contributed by atoms with Gasteiger partial charge in [0.15, 0.2) is 0 Å². The number of rotatable bonds is 3. The molecule has 2 heterocycles. The molecule has 0 N–H and O–H groups in total. The maximum Gasteiger partial charge on any atom is 0.270 e. The Balaban J connectivity index is 1.72. The van der Waals surface area contributed by atoms with Crippen molar-refractivity contribution in [2.24, 2.45) is 4.99 Å². The Morgan fingerprint density at radius 3 is 2.50 bits per heavy atom. The SMILES string of the molecule is Cc1ccc2c(c1)-c1c(ssc1=Nc1ccccc1)C(C)(C)N2C(=O)c1cccc([N+](=O)[O-])c1. The Labute approximate surface area is 204 Å². The number of nitro groups is 1. The van der Waals surface area contributed by atoms with Gasteiger partial charge in [0.05, 0.1) is 26.7 Å². The summed E-state index contributed by atoms with van der Waals surface area (Å²) < 4.78 is 0.911. The second-order valence-corrected chi connectivity index (χ2v) is 10.8. The van der Waals surface area contributed by atoms with Crippen LogP contribution >= 0.6 is 20.7 Å². The number of non-ortho nitro benzene ring substituents is 1. The molecule has 6 nitrogen and oxygen atoms in total. The fourth-order valence-corrected chi connectivity index (χ4v) is 7.25. The molecule has 170 valence electrons. The predicted octanol–water partition coefficient (Wildman–Crippen LogP) is 6.82. The van der Waals surface area contributed by atoms with E-state index < -0.39 is 10.5 Å². The first-order valence-corrected chi connectivity index (χ1v) is 12.9. The van der Waals surface area contributed by atoms with Crippen LogP contribution in [0.2, 0.25) is 0 Å². The van der Waals surface area contributed by atoms with Crippen molar-refractivity contribution in [1.29, 1.82) is 0 Å². The molecule has 4 aromatic rings. The van der Waals surface area contributed by atoms with Gasteiger partial charge in [-0.2, -0.15) is 0 Å². The summed E-state index contributed by atoms with van der Waals surface area (Å²) in [7, 11) is 3.21. The summed E-state index contributed by atoms with van der Waals surface area (Å²) in [6.45, 7) is 6.05. The van der Waals surface area contributed by atoms with E-state index in [1.165, 1.54) is 12.1 Å². The van der Waals surface area contributed by atoms with Gasteiger partial charge >= 0.3 is 0 Å². The molecule has 0 atom stereocenters. The quantitative estimate of drug-likeness (QED) is 0.181. The normalized spacial score (nSPS) is 14.4. The zero-order valence-electron chi connectivity index (χ0n) is 18.8. The summed E-state index contributed by atoms with van der Waals surface area (Å²) >= 11 is 0. The number of nitrogens with zero attached hydrogens (tertiary/aromatic N) is 3. The number of carbonyl (C=O) groups excluding carboxylic acids is 1. The van der Waals surface area contributed by atoms with Crippen molar-refractivity contribution < 1.29 is 9.72 Å². The number of nitro benzene ring substituents is 1. The Kier molecular flexibility index (Phi) is 5.42. The van der Waals surface area contributed by atoms with Gasteiger partial charge in [-0.3, -0.25) is 19.8 Å². The van der Waals surface area contributed by atoms with Crippen LogP contribution in [-0.4, -0.2) is 10.8 Å². The summed E-state index contributed by atoms with van der Waals surface area (Å²) in [5.74, 6) is -0.274. The molecule has 0 fully saturated rings. The van der Waals surface area contributed by atoms with E-state index in [2.05, 4.69) is 6.07 Å². The smallest absolute Gasteiger partial charge is 0.270 e. The van der Waals surface area contributed by atoms with Gasteiger partial charge in [0.2, 0.25) is 0 Å². The number of fused-ring (bicyclic) bond motifs is 3. The van der Waals surface area contributed by atoms with E-state index in [0.29, 0.717) is 0 Å². The van der Waals surface area contributed by atoms with Gasteiger partial charge in [0.25, 0.3) is 11.6 Å². The third kappa shape index (κ3) is 3.65. The maximum atomic E-state index is 13.8. The molecule has 8 heteroatoms. The van der Waals surface area contributed by atoms with Crippen molar-refractivity contribution in [2.45, 2.75) is 26.3 Å². The molecule has 1 amide bonds. The Morgan fingerprint density at radius 2 is 1.76 bits per heavy atom. The molecule has 0 bridgehead atoms. The number of hydrogen-bond donors (Lipinski definition) is 0. The van der Waals surface area contributed by atoms with Crippen LogP contribution in [0.25, 0.3) is 11.1 Å². The van der Waals surface area contributed by atoms with Gasteiger partial charge in [-0.15, -0.1) is 0 Å². The minimum absolute atomic E-state index is 0.104. The zero-order valence-corrected chi connectivity index (χ0v) is 20.4. The molecule has 5 rings (SSSR count). The third-order valence-corrected chi connectivity index (χ3v) is 8.55. The lowest BCUT2D eigenvalue weighted by molar-refractivity contribution is -0.384. The van der Waals surface area contributed by atoms with E-state index in [-0.39, 0.29) is 17.2 Å². The lowest BCUT2D eigenvalue weighted by atomic mass is 9.86. The molecule has 0 saturated heterocycles. The van der Waals surface area contributed by atoms with Crippen LogP contribution in [0.4, 0.5) is 17.1 Å². The molecular weight excluding hydrogens is 466 g/mol. The lowest BCUT2D eigenvalue weighted by Gasteiger charge is -2.43. The number of benzene rings is 3. The molecule has 3 aromatic carbocycles. The summed E-state index contributed by atoms with van der Waals surface area (Å²) in [6, 6.07) is 21.8. The van der Waals surface area contributed by atoms with Crippen LogP contribution in [0, 0.1) is 17.0 Å². The van der Waals surface area contributed by atoms with Gasteiger partial charge in [0, 0.05) is 28.8 Å². The second-order valence-electron chi connectivity index (χ2n) is 8.65. The summed E-state index contributed by atoms with van der Waals surface area (Å²) in [6.07, 6.45) is 0. The van der Waals surface area contributed by atoms with E-state index in [0.717, 1.165) is 37.6 Å². The molecule has 34 heavy (non-hydrogen) atoms. The maximum absolute atomic E-state index is 13.8. The van der Waals surface area contributed by atoms with Crippen molar-refractivity contribution in [1.82, 2.24) is 0 Å². The standard InChI is InChI=1S/C26H21N3O3S2/c1-16-12-13-21-20(14-16)22-23(33-34-24(22)27-18-9-5-4-6-10-18)26(2,3)28(21)25(30)17-8-7-11-19(15-17)29(31)32/h4-15H,1-3H3. The highest BCUT2D eigenvalue weighted by atomic mass is 32.9. The van der Waals surface area contributed by atoms with Crippen LogP contribution in [-0.2, 0) is 5.54 Å². The number of anilines is 1. The topological polar surface area (TPSA) is 75.8 Å². The van der Waals surface area contributed by atoms with E-state index >= 15 is 0 Å². The summed E-state index contributed by atoms with van der Waals surface area (Å²) in [5.41, 5.74) is 4.22. The van der Waals surface area contributed by atoms with E-state index in [1.54, 1.807) is 37.7 Å². The highest BCUT2D eigenvalue weighted by Gasteiger charge is 2.43. The Hall–Kier alpha value is -3.62. The summed E-state index contributed by atoms with van der Waals surface area (Å²) in [4.78, 5) is 32.4. The van der Waals surface area contributed by atoms with Crippen LogP contribution < -0.4 is 9.57 Å². The Bertz CT molecular complexity index is 1500. The Morgan fingerprint density at radius 1 is 1.00 bits per heavy atom. The highest BCUT2D eigenvalue weighted by Crippen LogP contribution is 2.50. The number of para-hydroxylation sites is 1. The number of amides is 1. The van der Waals surface area contributed by atoms with Crippen LogP contribution in [0.5, 0.6) is 0 Å². The largest absolute Gasteiger partial charge is 0.297 e. The van der Waals surface area contributed by atoms with Crippen LogP contribution in [0.15, 0.2) is 77.8 Å². The zero-order chi connectivity index (χ0) is 24.0. The third-order valence-electron chi connectivity index (χ3n) is 5.92. The van der Waals surface area contributed by atoms with Gasteiger partial charge in [-0.1, -0.05) is 56.6 Å². The second kappa shape index (κ2) is 8.30. The molecule has 0 saturated carbocycles. The van der Waals surface area contributed by atoms with Crippen molar-refractivity contribution in [3.05, 3.63) is 104 Å². The number of carbonyl (C=O) groups is 1. The molecule has 0 radical (unpaired) electrons. The van der Waals surface area contributed by atoms with Crippen LogP contribution in [0.1, 0.15) is 34.6 Å². The minimum Gasteiger partial charge on any atom is -0.297 e. The lowest BCUT2D eigenvalue weighted by Crippen LogP contribution is -2.48. The molecule has 0 aliphatic carbocycles. The van der Waals surface area contributed by atoms with Gasteiger partial charge in [-0.05, 0) is 51.1 Å². The fraction of sp³-hybridized carbons (Fsp3) is 0.154. The highest BCUT2D eigenvalue weighted by molar-refractivity contribution is 7.68. The number of aryl methyl sites for hydroxylation is 1. The van der Waals surface area contributed by atoms with Crippen molar-refractivity contribution in [3.63, 3.8) is 0 Å². The first-order chi connectivity index (χ1) is 16.3. The molecule has 1 aromatic heterocycles. The van der Waals surface area contributed by atoms with Gasteiger partial charge in [-0.25, -0.2) is 4.99 Å².